The van der Waals surface area contributed by atoms with Gasteiger partial charge in [-0.2, -0.15) is 0 Å². The number of hydrogen-bond donors (Lipinski definition) is 0. The molecule has 1 heterocycles. The third-order valence-electron chi connectivity index (χ3n) is 2.86. The van der Waals surface area contributed by atoms with Crippen LogP contribution in [-0.4, -0.2) is 10.8 Å². The van der Waals surface area contributed by atoms with Crippen LogP contribution < -0.4 is 0 Å². The molecule has 5 heteroatoms. The minimum absolute atomic E-state index is 0.0126. The van der Waals surface area contributed by atoms with Crippen LogP contribution in [0.15, 0.2) is 28.1 Å². The molecule has 0 spiro atoms. The molecule has 0 aliphatic carbocycles. The first kappa shape index (κ1) is 15.7. The van der Waals surface area contributed by atoms with Crippen LogP contribution in [0.3, 0.4) is 0 Å². The van der Waals surface area contributed by atoms with Gasteiger partial charge in [-0.15, -0.1) is 11.3 Å². The molecule has 0 N–H and O–H groups in total. The summed E-state index contributed by atoms with van der Waals surface area (Å²) in [6.07, 6.45) is 0.320. The number of hydrogen-bond acceptors (Lipinski definition) is 3. The highest BCUT2D eigenvalue weighted by molar-refractivity contribution is 9.10. The van der Waals surface area contributed by atoms with E-state index in [2.05, 4.69) is 41.7 Å². The Bertz CT molecular complexity index is 646. The van der Waals surface area contributed by atoms with Crippen LogP contribution in [-0.2, 0) is 11.8 Å². The van der Waals surface area contributed by atoms with Crippen LogP contribution in [0.25, 0.3) is 0 Å². The lowest BCUT2D eigenvalue weighted by molar-refractivity contribution is 0.0992. The van der Waals surface area contributed by atoms with Crippen LogP contribution in [0, 0.1) is 0 Å². The van der Waals surface area contributed by atoms with Gasteiger partial charge >= 0.3 is 0 Å². The summed E-state index contributed by atoms with van der Waals surface area (Å²) in [7, 11) is 0. The second-order valence-electron chi connectivity index (χ2n) is 5.60. The molecule has 2 aromatic rings. The maximum absolute atomic E-state index is 12.3. The van der Waals surface area contributed by atoms with E-state index in [1.165, 1.54) is 11.3 Å². The highest BCUT2D eigenvalue weighted by Crippen LogP contribution is 2.26. The first-order chi connectivity index (χ1) is 9.27. The van der Waals surface area contributed by atoms with Crippen LogP contribution in [0.1, 0.15) is 41.8 Å². The molecule has 0 saturated carbocycles. The minimum atomic E-state index is 0.0126. The van der Waals surface area contributed by atoms with Crippen molar-refractivity contribution >= 4 is 44.7 Å². The SMILES string of the molecule is CC(C)(C)c1csc(CC(=O)c2ccc(Cl)cc2Br)n1. The maximum atomic E-state index is 12.3. The van der Waals surface area contributed by atoms with E-state index >= 15 is 0 Å². The zero-order chi connectivity index (χ0) is 14.9. The zero-order valence-corrected chi connectivity index (χ0v) is 14.7. The summed E-state index contributed by atoms with van der Waals surface area (Å²) in [6.45, 7) is 6.34. The molecule has 20 heavy (non-hydrogen) atoms. The van der Waals surface area contributed by atoms with E-state index in [1.807, 2.05) is 5.38 Å². The van der Waals surface area contributed by atoms with Crippen LogP contribution >= 0.6 is 38.9 Å². The lowest BCUT2D eigenvalue weighted by Crippen LogP contribution is -2.12. The number of ketones is 1. The Morgan fingerprint density at radius 3 is 2.65 bits per heavy atom. The predicted molar refractivity (Wildman–Crippen MR) is 88.0 cm³/mol. The largest absolute Gasteiger partial charge is 0.294 e. The molecule has 2 nitrogen and oxygen atoms in total. The summed E-state index contributed by atoms with van der Waals surface area (Å²) >= 11 is 10.8. The standard InChI is InChI=1S/C15H15BrClNOS/c1-15(2,3)13-8-20-14(18-13)7-12(19)10-5-4-9(17)6-11(10)16/h4-6,8H,7H2,1-3H3. The Labute approximate surface area is 136 Å². The summed E-state index contributed by atoms with van der Waals surface area (Å²) in [5, 5.41) is 3.49. The molecular weight excluding hydrogens is 358 g/mol. The first-order valence-electron chi connectivity index (χ1n) is 6.20. The van der Waals surface area contributed by atoms with Gasteiger partial charge in [0, 0.05) is 25.9 Å². The van der Waals surface area contributed by atoms with Gasteiger partial charge in [0.05, 0.1) is 12.1 Å². The molecular formula is C15H15BrClNOS. The average Bonchev–Trinajstić information content (AvgIpc) is 2.76. The number of aromatic nitrogens is 1. The quantitative estimate of drug-likeness (QED) is 0.686. The van der Waals surface area contributed by atoms with Crippen molar-refractivity contribution in [3.63, 3.8) is 0 Å². The maximum Gasteiger partial charge on any atom is 0.170 e. The predicted octanol–water partition coefficient (Wildman–Crippen LogP) is 5.28. The molecule has 0 bridgehead atoms. The number of carbonyl (C=O) groups is 1. The number of thiazole rings is 1. The molecule has 0 aliphatic heterocycles. The minimum Gasteiger partial charge on any atom is -0.294 e. The monoisotopic (exact) mass is 371 g/mol. The van der Waals surface area contributed by atoms with Gasteiger partial charge in [0.15, 0.2) is 5.78 Å². The smallest absolute Gasteiger partial charge is 0.170 e. The number of rotatable bonds is 3. The number of benzene rings is 1. The lowest BCUT2D eigenvalue weighted by Gasteiger charge is -2.14. The number of halogens is 2. The summed E-state index contributed by atoms with van der Waals surface area (Å²) in [4.78, 5) is 16.8. The highest BCUT2D eigenvalue weighted by atomic mass is 79.9. The van der Waals surface area contributed by atoms with E-state index in [4.69, 9.17) is 11.6 Å². The van der Waals surface area contributed by atoms with Crippen LogP contribution in [0.5, 0.6) is 0 Å². The van der Waals surface area contributed by atoms with Crippen LogP contribution in [0.2, 0.25) is 5.02 Å². The van der Waals surface area contributed by atoms with E-state index in [1.54, 1.807) is 18.2 Å². The molecule has 0 saturated heterocycles. The Hall–Kier alpha value is -0.710. The van der Waals surface area contributed by atoms with Crippen molar-refractivity contribution in [2.24, 2.45) is 0 Å². The van der Waals surface area contributed by atoms with E-state index in [9.17, 15) is 4.79 Å². The summed E-state index contributed by atoms with van der Waals surface area (Å²) in [6, 6.07) is 5.20. The Morgan fingerprint density at radius 1 is 1.40 bits per heavy atom. The third-order valence-corrected chi connectivity index (χ3v) is 4.60. The van der Waals surface area contributed by atoms with Gasteiger partial charge in [-0.3, -0.25) is 4.79 Å². The van der Waals surface area contributed by atoms with Crippen molar-refractivity contribution in [3.05, 3.63) is 49.3 Å². The van der Waals surface area contributed by atoms with Crippen molar-refractivity contribution < 1.29 is 4.79 Å². The highest BCUT2D eigenvalue weighted by Gasteiger charge is 2.19. The van der Waals surface area contributed by atoms with E-state index in [0.717, 1.165) is 15.2 Å². The first-order valence-corrected chi connectivity index (χ1v) is 8.25. The molecule has 0 unspecified atom stereocenters. The van der Waals surface area contributed by atoms with Gasteiger partial charge in [-0.05, 0) is 34.1 Å². The summed E-state index contributed by atoms with van der Waals surface area (Å²) < 4.78 is 0.725. The topological polar surface area (TPSA) is 30.0 Å². The Kier molecular flexibility index (Phi) is 4.67. The third kappa shape index (κ3) is 3.68. The van der Waals surface area contributed by atoms with E-state index in [0.29, 0.717) is 17.0 Å². The molecule has 0 aliphatic rings. The van der Waals surface area contributed by atoms with Crippen molar-refractivity contribution in [2.45, 2.75) is 32.6 Å². The second-order valence-corrected chi connectivity index (χ2v) is 7.83. The van der Waals surface area contributed by atoms with Crippen molar-refractivity contribution in [3.8, 4) is 0 Å². The van der Waals surface area contributed by atoms with Gasteiger partial charge < -0.3 is 0 Å². The molecule has 0 radical (unpaired) electrons. The fourth-order valence-electron chi connectivity index (χ4n) is 1.68. The van der Waals surface area contributed by atoms with Crippen molar-refractivity contribution in [1.29, 1.82) is 0 Å². The second kappa shape index (κ2) is 5.96. The summed E-state index contributed by atoms with van der Waals surface area (Å²) in [5.41, 5.74) is 1.68. The Morgan fingerprint density at radius 2 is 2.10 bits per heavy atom. The number of Topliss-reactive ketones (excluding diaryl/α,β-unsaturated/α-hetero) is 1. The van der Waals surface area contributed by atoms with Crippen molar-refractivity contribution in [1.82, 2.24) is 4.98 Å². The summed E-state index contributed by atoms with van der Waals surface area (Å²) in [5.74, 6) is 0.0448. The molecule has 0 atom stereocenters. The molecule has 106 valence electrons. The molecule has 1 aromatic heterocycles. The lowest BCUT2D eigenvalue weighted by atomic mass is 9.93. The van der Waals surface area contributed by atoms with E-state index < -0.39 is 0 Å². The van der Waals surface area contributed by atoms with Crippen LogP contribution in [0.4, 0.5) is 0 Å². The molecule has 2 rings (SSSR count). The van der Waals surface area contributed by atoms with Gasteiger partial charge in [0.25, 0.3) is 0 Å². The number of nitrogens with zero attached hydrogens (tertiary/aromatic N) is 1. The van der Waals surface area contributed by atoms with Gasteiger partial charge in [-0.1, -0.05) is 32.4 Å². The zero-order valence-electron chi connectivity index (χ0n) is 11.5. The van der Waals surface area contributed by atoms with Gasteiger partial charge in [0.1, 0.15) is 5.01 Å². The number of carbonyl (C=O) groups excluding carboxylic acids is 1. The average molecular weight is 373 g/mol. The molecule has 0 fully saturated rings. The fraction of sp³-hybridized carbons (Fsp3) is 0.333. The van der Waals surface area contributed by atoms with Gasteiger partial charge in [-0.25, -0.2) is 4.98 Å². The Balaban J connectivity index is 2.17. The van der Waals surface area contributed by atoms with E-state index in [-0.39, 0.29) is 11.2 Å². The molecule has 1 aromatic carbocycles. The fourth-order valence-corrected chi connectivity index (χ4v) is 3.61. The van der Waals surface area contributed by atoms with Gasteiger partial charge in [0.2, 0.25) is 0 Å². The van der Waals surface area contributed by atoms with Crippen molar-refractivity contribution in [2.75, 3.05) is 0 Å². The normalized spacial score (nSPS) is 11.7. The molecule has 0 amide bonds.